The number of amides is 1. The van der Waals surface area contributed by atoms with Crippen molar-refractivity contribution < 1.29 is 24.2 Å². The Labute approximate surface area is 147 Å². The van der Waals surface area contributed by atoms with E-state index in [2.05, 4.69) is 0 Å². The summed E-state index contributed by atoms with van der Waals surface area (Å²) in [5, 5.41) is 9.52. The molecular formula is C19H25NO5. The third-order valence-corrected chi connectivity index (χ3v) is 5.61. The average Bonchev–Trinajstić information content (AvgIpc) is 2.59. The van der Waals surface area contributed by atoms with Gasteiger partial charge in [-0.3, -0.25) is 9.59 Å². The van der Waals surface area contributed by atoms with Gasteiger partial charge in [0.05, 0.1) is 14.2 Å². The average molecular weight is 347 g/mol. The second kappa shape index (κ2) is 6.94. The fraction of sp³-hybridized carbons (Fsp3) is 0.579. The van der Waals surface area contributed by atoms with Crippen LogP contribution in [0.4, 0.5) is 0 Å². The summed E-state index contributed by atoms with van der Waals surface area (Å²) in [6.07, 6.45) is 3.57. The van der Waals surface area contributed by atoms with Crippen LogP contribution in [0.2, 0.25) is 0 Å². The lowest BCUT2D eigenvalue weighted by Gasteiger charge is -2.42. The number of carbonyl (C=O) groups excluding carboxylic acids is 1. The molecule has 1 heterocycles. The number of nitrogens with zero attached hydrogens (tertiary/aromatic N) is 1. The number of carboxylic acid groups (broad SMARTS) is 1. The van der Waals surface area contributed by atoms with E-state index < -0.39 is 11.4 Å². The summed E-state index contributed by atoms with van der Waals surface area (Å²) in [5.74, 6) is 0.343. The first kappa shape index (κ1) is 17.6. The van der Waals surface area contributed by atoms with Crippen molar-refractivity contribution in [3.05, 3.63) is 23.8 Å². The molecule has 1 aromatic rings. The highest BCUT2D eigenvalue weighted by molar-refractivity contribution is 6.02. The molecule has 1 saturated heterocycles. The van der Waals surface area contributed by atoms with Crippen molar-refractivity contribution in [3.8, 4) is 11.5 Å². The van der Waals surface area contributed by atoms with Crippen LogP contribution in [0.5, 0.6) is 11.5 Å². The van der Waals surface area contributed by atoms with Gasteiger partial charge in [0.2, 0.25) is 5.91 Å². The smallest absolute Gasteiger partial charge is 0.319 e. The molecule has 2 aliphatic rings. The summed E-state index contributed by atoms with van der Waals surface area (Å²) in [6, 6.07) is 5.82. The molecule has 1 aromatic carbocycles. The van der Waals surface area contributed by atoms with E-state index in [0.717, 1.165) is 24.8 Å². The van der Waals surface area contributed by atoms with Gasteiger partial charge in [0.1, 0.15) is 5.41 Å². The molecule has 1 saturated carbocycles. The molecule has 6 nitrogen and oxygen atoms in total. The molecule has 136 valence electrons. The Morgan fingerprint density at radius 3 is 2.44 bits per heavy atom. The van der Waals surface area contributed by atoms with Crippen LogP contribution in [-0.4, -0.2) is 49.2 Å². The van der Waals surface area contributed by atoms with E-state index in [4.69, 9.17) is 9.47 Å². The number of aliphatic carboxylic acids is 1. The molecule has 1 amide bonds. The van der Waals surface area contributed by atoms with E-state index in [0.29, 0.717) is 37.4 Å². The maximum atomic E-state index is 12.8. The number of piperidine rings is 1. The van der Waals surface area contributed by atoms with E-state index in [1.807, 2.05) is 18.2 Å². The molecule has 1 N–H and O–H groups in total. The van der Waals surface area contributed by atoms with E-state index in [1.165, 1.54) is 0 Å². The maximum absolute atomic E-state index is 12.8. The van der Waals surface area contributed by atoms with Crippen molar-refractivity contribution in [2.75, 3.05) is 27.3 Å². The minimum absolute atomic E-state index is 0.184. The predicted molar refractivity (Wildman–Crippen MR) is 92.0 cm³/mol. The van der Waals surface area contributed by atoms with Crippen molar-refractivity contribution >= 4 is 11.9 Å². The number of hydrogen-bond acceptors (Lipinski definition) is 4. The fourth-order valence-corrected chi connectivity index (χ4v) is 3.89. The van der Waals surface area contributed by atoms with Crippen molar-refractivity contribution in [2.24, 2.45) is 5.41 Å². The first-order chi connectivity index (χ1) is 12.0. The SMILES string of the molecule is COc1ccc(C2CCCN(C(=O)C3(C(=O)O)CCC3)C2)cc1OC. The first-order valence-corrected chi connectivity index (χ1v) is 8.76. The summed E-state index contributed by atoms with van der Waals surface area (Å²) in [7, 11) is 3.20. The van der Waals surface area contributed by atoms with Gasteiger partial charge in [-0.25, -0.2) is 0 Å². The Bertz CT molecular complexity index is 668. The number of likely N-dealkylation sites (tertiary alicyclic amines) is 1. The number of ether oxygens (including phenoxy) is 2. The zero-order valence-corrected chi connectivity index (χ0v) is 14.8. The van der Waals surface area contributed by atoms with Crippen molar-refractivity contribution in [1.29, 1.82) is 0 Å². The van der Waals surface area contributed by atoms with E-state index in [1.54, 1.807) is 19.1 Å². The zero-order valence-electron chi connectivity index (χ0n) is 14.8. The monoisotopic (exact) mass is 347 g/mol. The third kappa shape index (κ3) is 3.05. The molecule has 0 spiro atoms. The number of carboxylic acids is 1. The van der Waals surface area contributed by atoms with Crippen LogP contribution in [0, 0.1) is 5.41 Å². The number of rotatable bonds is 5. The summed E-state index contributed by atoms with van der Waals surface area (Å²) in [4.78, 5) is 26.2. The van der Waals surface area contributed by atoms with Gasteiger partial charge in [-0.15, -0.1) is 0 Å². The van der Waals surface area contributed by atoms with Crippen LogP contribution in [0.15, 0.2) is 18.2 Å². The van der Waals surface area contributed by atoms with Gasteiger partial charge < -0.3 is 19.5 Å². The third-order valence-electron chi connectivity index (χ3n) is 5.61. The van der Waals surface area contributed by atoms with Gasteiger partial charge in [0.15, 0.2) is 11.5 Å². The van der Waals surface area contributed by atoms with Gasteiger partial charge in [-0.05, 0) is 43.4 Å². The topological polar surface area (TPSA) is 76.1 Å². The predicted octanol–water partition coefficient (Wildman–Crippen LogP) is 2.66. The Hall–Kier alpha value is -2.24. The van der Waals surface area contributed by atoms with Gasteiger partial charge >= 0.3 is 5.97 Å². The quantitative estimate of drug-likeness (QED) is 0.829. The molecule has 6 heteroatoms. The Kier molecular flexibility index (Phi) is 4.88. The van der Waals surface area contributed by atoms with Crippen molar-refractivity contribution in [1.82, 2.24) is 4.90 Å². The fourth-order valence-electron chi connectivity index (χ4n) is 3.89. The molecule has 0 aromatic heterocycles. The Balaban J connectivity index is 1.77. The molecule has 1 unspecified atom stereocenters. The normalized spacial score (nSPS) is 22.0. The number of hydrogen-bond donors (Lipinski definition) is 1. The summed E-state index contributed by atoms with van der Waals surface area (Å²) in [6.45, 7) is 1.20. The van der Waals surface area contributed by atoms with Gasteiger partial charge in [0.25, 0.3) is 0 Å². The summed E-state index contributed by atoms with van der Waals surface area (Å²) < 4.78 is 10.6. The second-order valence-corrected chi connectivity index (χ2v) is 6.95. The Morgan fingerprint density at radius 1 is 1.16 bits per heavy atom. The molecule has 1 aliphatic carbocycles. The maximum Gasteiger partial charge on any atom is 0.319 e. The molecule has 1 atom stereocenters. The van der Waals surface area contributed by atoms with Crippen LogP contribution in [0.1, 0.15) is 43.6 Å². The summed E-state index contributed by atoms with van der Waals surface area (Å²) in [5.41, 5.74) is -0.0902. The lowest BCUT2D eigenvalue weighted by Crippen LogP contribution is -2.54. The van der Waals surface area contributed by atoms with Crippen LogP contribution in [0.3, 0.4) is 0 Å². The molecule has 1 aliphatic heterocycles. The van der Waals surface area contributed by atoms with Crippen molar-refractivity contribution in [3.63, 3.8) is 0 Å². The molecule has 25 heavy (non-hydrogen) atoms. The molecule has 0 bridgehead atoms. The minimum atomic E-state index is -1.18. The molecule has 0 radical (unpaired) electrons. The number of benzene rings is 1. The second-order valence-electron chi connectivity index (χ2n) is 6.95. The highest BCUT2D eigenvalue weighted by Crippen LogP contribution is 2.44. The standard InChI is InChI=1S/C19H25NO5/c1-24-15-7-6-13(11-16(15)25-2)14-5-3-10-20(12-14)17(21)19(18(22)23)8-4-9-19/h6-7,11,14H,3-5,8-10,12H2,1-2H3,(H,22,23). The zero-order chi connectivity index (χ0) is 18.0. The van der Waals surface area contributed by atoms with Crippen LogP contribution in [0.25, 0.3) is 0 Å². The first-order valence-electron chi connectivity index (χ1n) is 8.76. The van der Waals surface area contributed by atoms with E-state index in [-0.39, 0.29) is 11.8 Å². The highest BCUT2D eigenvalue weighted by atomic mass is 16.5. The van der Waals surface area contributed by atoms with Gasteiger partial charge in [-0.1, -0.05) is 12.5 Å². The minimum Gasteiger partial charge on any atom is -0.493 e. The molecular weight excluding hydrogens is 322 g/mol. The van der Waals surface area contributed by atoms with Crippen LogP contribution >= 0.6 is 0 Å². The van der Waals surface area contributed by atoms with Crippen LogP contribution < -0.4 is 9.47 Å². The van der Waals surface area contributed by atoms with Gasteiger partial charge in [-0.2, -0.15) is 0 Å². The molecule has 2 fully saturated rings. The lowest BCUT2D eigenvalue weighted by atomic mass is 9.67. The lowest BCUT2D eigenvalue weighted by molar-refractivity contribution is -0.168. The Morgan fingerprint density at radius 2 is 1.88 bits per heavy atom. The largest absolute Gasteiger partial charge is 0.493 e. The van der Waals surface area contributed by atoms with Crippen LogP contribution in [-0.2, 0) is 9.59 Å². The number of carbonyl (C=O) groups is 2. The highest BCUT2D eigenvalue weighted by Gasteiger charge is 2.53. The molecule has 3 rings (SSSR count). The van der Waals surface area contributed by atoms with Gasteiger partial charge in [0, 0.05) is 19.0 Å². The van der Waals surface area contributed by atoms with Crippen molar-refractivity contribution in [2.45, 2.75) is 38.0 Å². The number of methoxy groups -OCH3 is 2. The van der Waals surface area contributed by atoms with E-state index >= 15 is 0 Å². The van der Waals surface area contributed by atoms with E-state index in [9.17, 15) is 14.7 Å². The summed E-state index contributed by atoms with van der Waals surface area (Å²) >= 11 is 0.